The van der Waals surface area contributed by atoms with E-state index in [9.17, 15) is 13.5 Å². The van der Waals surface area contributed by atoms with Crippen LogP contribution in [0, 0.1) is 12.7 Å². The number of anilines is 1. The Morgan fingerprint density at radius 3 is 2.71 bits per heavy atom. The molecular formula is C21H24ClFN6O4S. The molecule has 4 heterocycles. The Balaban J connectivity index is 1.45. The Bertz CT molecular complexity index is 1360. The van der Waals surface area contributed by atoms with Gasteiger partial charge in [-0.25, -0.2) is 27.8 Å². The van der Waals surface area contributed by atoms with Crippen molar-refractivity contribution < 1.29 is 22.7 Å². The minimum atomic E-state index is -3.38. The molecule has 2 unspecified atom stereocenters. The van der Waals surface area contributed by atoms with E-state index in [1.54, 1.807) is 6.07 Å². The molecule has 0 aliphatic carbocycles. The van der Waals surface area contributed by atoms with Gasteiger partial charge in [-0.1, -0.05) is 11.6 Å². The Kier molecular flexibility index (Phi) is 5.97. The van der Waals surface area contributed by atoms with Gasteiger partial charge in [0, 0.05) is 18.7 Å². The van der Waals surface area contributed by atoms with Crippen LogP contribution in [0.5, 0.6) is 0 Å². The predicted octanol–water partition coefficient (Wildman–Crippen LogP) is 1.97. The molecule has 34 heavy (non-hydrogen) atoms. The van der Waals surface area contributed by atoms with Gasteiger partial charge in [0.25, 0.3) is 0 Å². The molecule has 2 fully saturated rings. The number of benzene rings is 1. The number of nitrogens with one attached hydrogen (secondary N) is 1. The van der Waals surface area contributed by atoms with Gasteiger partial charge in [0.1, 0.15) is 11.3 Å². The van der Waals surface area contributed by atoms with Crippen LogP contribution in [0.4, 0.5) is 10.3 Å². The summed E-state index contributed by atoms with van der Waals surface area (Å²) in [6, 6.07) is 2.79. The van der Waals surface area contributed by atoms with Crippen molar-refractivity contribution in [1.82, 2.24) is 23.8 Å². The third kappa shape index (κ3) is 4.24. The minimum Gasteiger partial charge on any atom is -0.390 e. The van der Waals surface area contributed by atoms with Crippen molar-refractivity contribution in [2.45, 2.75) is 31.5 Å². The number of fused-ring (bicyclic) bond motifs is 1. The third-order valence-corrected chi connectivity index (χ3v) is 7.80. The summed E-state index contributed by atoms with van der Waals surface area (Å²) >= 11 is 6.38. The molecule has 5 rings (SSSR count). The summed E-state index contributed by atoms with van der Waals surface area (Å²) in [5.74, 6) is 0.418. The zero-order valence-corrected chi connectivity index (χ0v) is 20.1. The van der Waals surface area contributed by atoms with Gasteiger partial charge in [-0.3, -0.25) is 0 Å². The van der Waals surface area contributed by atoms with Crippen LogP contribution >= 0.6 is 11.6 Å². The van der Waals surface area contributed by atoms with Crippen LogP contribution < -0.4 is 5.32 Å². The fourth-order valence-electron chi connectivity index (χ4n) is 4.42. The second-order valence-electron chi connectivity index (χ2n) is 8.66. The number of halogens is 2. The molecule has 0 amide bonds. The highest BCUT2D eigenvalue weighted by molar-refractivity contribution is 7.88. The molecule has 1 aromatic carbocycles. The SMILES string of the molecule is Cc1nc2c(F)cc(-c3nc(NC4CCN(S(C)(=O)=O)CC4O)ncc3Cl)cc2n1C1COC1. The molecule has 2 atom stereocenters. The standard InChI is InChI=1S/C21H24ClFN6O4S/c1-11-25-20-15(23)5-12(6-17(20)29(11)13-9-33-10-13)19-14(22)7-24-21(27-19)26-16-3-4-28(8-18(16)30)34(2,31)32/h5-7,13,16,18,30H,3-4,8-10H2,1-2H3,(H,24,26,27). The average molecular weight is 511 g/mol. The summed E-state index contributed by atoms with van der Waals surface area (Å²) in [5, 5.41) is 13.8. The minimum absolute atomic E-state index is 0.0208. The number of sulfonamides is 1. The lowest BCUT2D eigenvalue weighted by Crippen LogP contribution is -2.51. The zero-order valence-electron chi connectivity index (χ0n) is 18.6. The van der Waals surface area contributed by atoms with Gasteiger partial charge in [-0.2, -0.15) is 4.31 Å². The molecule has 0 radical (unpaired) electrons. The van der Waals surface area contributed by atoms with Crippen LogP contribution in [0.2, 0.25) is 5.02 Å². The van der Waals surface area contributed by atoms with E-state index in [4.69, 9.17) is 16.3 Å². The Morgan fingerprint density at radius 2 is 2.06 bits per heavy atom. The summed E-state index contributed by atoms with van der Waals surface area (Å²) in [4.78, 5) is 13.1. The normalized spacial score (nSPS) is 22.1. The van der Waals surface area contributed by atoms with E-state index in [-0.39, 0.29) is 35.6 Å². The van der Waals surface area contributed by atoms with Crippen LogP contribution in [0.1, 0.15) is 18.3 Å². The molecule has 10 nitrogen and oxygen atoms in total. The van der Waals surface area contributed by atoms with Crippen molar-refractivity contribution in [2.75, 3.05) is 37.9 Å². The molecule has 2 aromatic heterocycles. The van der Waals surface area contributed by atoms with Gasteiger partial charge in [-0.15, -0.1) is 0 Å². The van der Waals surface area contributed by atoms with Crippen molar-refractivity contribution in [2.24, 2.45) is 0 Å². The van der Waals surface area contributed by atoms with Crippen LogP contribution in [0.15, 0.2) is 18.3 Å². The fraction of sp³-hybridized carbons (Fsp3) is 0.476. The number of nitrogens with zero attached hydrogens (tertiary/aromatic N) is 5. The van der Waals surface area contributed by atoms with Crippen LogP contribution in [-0.2, 0) is 14.8 Å². The third-order valence-electron chi connectivity index (χ3n) is 6.26. The van der Waals surface area contributed by atoms with E-state index in [1.165, 1.54) is 16.6 Å². The smallest absolute Gasteiger partial charge is 0.223 e. The number of piperidine rings is 1. The van der Waals surface area contributed by atoms with Crippen molar-refractivity contribution >= 4 is 38.6 Å². The Hall–Kier alpha value is -2.38. The molecule has 2 aliphatic rings. The Labute approximate surface area is 200 Å². The van der Waals surface area contributed by atoms with Crippen LogP contribution in [0.25, 0.3) is 22.3 Å². The quantitative estimate of drug-likeness (QED) is 0.534. The lowest BCUT2D eigenvalue weighted by atomic mass is 10.0. The molecule has 2 saturated heterocycles. The summed E-state index contributed by atoms with van der Waals surface area (Å²) in [7, 11) is -3.38. The monoisotopic (exact) mass is 510 g/mol. The van der Waals surface area contributed by atoms with Crippen LogP contribution in [0.3, 0.4) is 0 Å². The maximum Gasteiger partial charge on any atom is 0.223 e. The van der Waals surface area contributed by atoms with E-state index in [0.717, 1.165) is 6.26 Å². The number of hydrogen-bond donors (Lipinski definition) is 2. The summed E-state index contributed by atoms with van der Waals surface area (Å²) < 4.78 is 47.0. The highest BCUT2D eigenvalue weighted by Crippen LogP contribution is 2.33. The first kappa shape index (κ1) is 23.4. The first-order valence-electron chi connectivity index (χ1n) is 10.8. The predicted molar refractivity (Wildman–Crippen MR) is 125 cm³/mol. The molecule has 3 aromatic rings. The number of aromatic nitrogens is 4. The van der Waals surface area contributed by atoms with Gasteiger partial charge in [0.15, 0.2) is 5.82 Å². The second-order valence-corrected chi connectivity index (χ2v) is 11.1. The van der Waals surface area contributed by atoms with Crippen molar-refractivity contribution in [1.29, 1.82) is 0 Å². The largest absolute Gasteiger partial charge is 0.390 e. The number of hydrogen-bond acceptors (Lipinski definition) is 8. The molecule has 2 aliphatic heterocycles. The van der Waals surface area contributed by atoms with E-state index in [1.807, 2.05) is 11.5 Å². The van der Waals surface area contributed by atoms with Gasteiger partial charge >= 0.3 is 0 Å². The number of aliphatic hydroxyl groups excluding tert-OH is 1. The van der Waals surface area contributed by atoms with Crippen LogP contribution in [-0.4, -0.2) is 82.1 Å². The molecular weight excluding hydrogens is 487 g/mol. The zero-order chi connectivity index (χ0) is 24.2. The van der Waals surface area contributed by atoms with E-state index < -0.39 is 28.0 Å². The second kappa shape index (κ2) is 8.68. The lowest BCUT2D eigenvalue weighted by molar-refractivity contribution is -0.0224. The maximum absolute atomic E-state index is 15.0. The first-order valence-corrected chi connectivity index (χ1v) is 13.0. The molecule has 2 N–H and O–H groups in total. The maximum atomic E-state index is 15.0. The molecule has 0 bridgehead atoms. The van der Waals surface area contributed by atoms with E-state index in [0.29, 0.717) is 42.2 Å². The van der Waals surface area contributed by atoms with Gasteiger partial charge in [0.05, 0.1) is 60.1 Å². The van der Waals surface area contributed by atoms with Crippen molar-refractivity contribution in [3.63, 3.8) is 0 Å². The van der Waals surface area contributed by atoms with Gasteiger partial charge < -0.3 is 19.7 Å². The summed E-state index contributed by atoms with van der Waals surface area (Å²) in [6.07, 6.45) is 1.96. The lowest BCUT2D eigenvalue weighted by Gasteiger charge is -2.34. The van der Waals surface area contributed by atoms with E-state index in [2.05, 4.69) is 20.3 Å². The number of β-amino-alcohol motifs (C(OH)–C–C–N with tert-alkyl or cyclic N) is 1. The van der Waals surface area contributed by atoms with Crippen molar-refractivity contribution in [3.8, 4) is 11.3 Å². The van der Waals surface area contributed by atoms with Crippen molar-refractivity contribution in [3.05, 3.63) is 35.0 Å². The fourth-order valence-corrected chi connectivity index (χ4v) is 5.48. The first-order chi connectivity index (χ1) is 16.1. The van der Waals surface area contributed by atoms with E-state index >= 15 is 4.39 Å². The molecule has 13 heteroatoms. The highest BCUT2D eigenvalue weighted by Gasteiger charge is 2.32. The Morgan fingerprint density at radius 1 is 1.29 bits per heavy atom. The molecule has 182 valence electrons. The number of ether oxygens (including phenoxy) is 1. The average Bonchev–Trinajstić information content (AvgIpc) is 3.05. The van der Waals surface area contributed by atoms with Gasteiger partial charge in [-0.05, 0) is 25.5 Å². The number of aryl methyl sites for hydroxylation is 1. The topological polar surface area (TPSA) is 122 Å². The highest BCUT2D eigenvalue weighted by atomic mass is 35.5. The van der Waals surface area contributed by atoms with Gasteiger partial charge in [0.2, 0.25) is 16.0 Å². The number of rotatable bonds is 5. The summed E-state index contributed by atoms with van der Waals surface area (Å²) in [5.41, 5.74) is 1.71. The molecule has 0 spiro atoms. The molecule has 0 saturated carbocycles. The number of aliphatic hydroxyl groups is 1. The summed E-state index contributed by atoms with van der Waals surface area (Å²) in [6.45, 7) is 3.16. The number of imidazole rings is 1.